The molecule has 0 aromatic heterocycles. The number of sulfone groups is 1. The number of carbonyl (C=O) groups excluding carboxylic acids is 1. The van der Waals surface area contributed by atoms with E-state index in [1.165, 1.54) is 42.5 Å². The molecule has 0 saturated carbocycles. The Kier molecular flexibility index (Phi) is 5.61. The van der Waals surface area contributed by atoms with Crippen LogP contribution in [0.5, 0.6) is 0 Å². The van der Waals surface area contributed by atoms with Crippen LogP contribution in [0.2, 0.25) is 0 Å². The van der Waals surface area contributed by atoms with Gasteiger partial charge in [0.1, 0.15) is 0 Å². The van der Waals surface area contributed by atoms with Crippen LogP contribution in [0, 0.1) is 10.1 Å². The molecular weight excluding hydrogens is 358 g/mol. The molecule has 8 nitrogen and oxygen atoms in total. The van der Waals surface area contributed by atoms with Gasteiger partial charge < -0.3 is 10.2 Å². The highest BCUT2D eigenvalue weighted by Crippen LogP contribution is 2.25. The monoisotopic (exact) mass is 377 g/mol. The zero-order valence-corrected chi connectivity index (χ0v) is 15.4. The molecule has 2 aromatic rings. The van der Waals surface area contributed by atoms with E-state index in [1.807, 2.05) is 0 Å². The molecule has 2 aromatic carbocycles. The van der Waals surface area contributed by atoms with Crippen molar-refractivity contribution in [2.24, 2.45) is 0 Å². The molecule has 9 heteroatoms. The maximum absolute atomic E-state index is 12.6. The molecule has 0 radical (unpaired) electrons. The fourth-order valence-electron chi connectivity index (χ4n) is 2.32. The Morgan fingerprint density at radius 2 is 1.77 bits per heavy atom. The first-order valence-corrected chi connectivity index (χ1v) is 9.41. The third-order valence-electron chi connectivity index (χ3n) is 3.77. The van der Waals surface area contributed by atoms with Crippen molar-refractivity contribution in [2.75, 3.05) is 30.1 Å². The van der Waals surface area contributed by atoms with Crippen molar-refractivity contribution in [3.63, 3.8) is 0 Å². The fourth-order valence-corrected chi connectivity index (χ4v) is 3.20. The SMILES string of the molecule is CCS(=O)(=O)c1ccc(NC(=O)c2cc([N+](=O)[O-])ccc2N(C)C)cc1. The Hall–Kier alpha value is -2.94. The first-order chi connectivity index (χ1) is 12.2. The van der Waals surface area contributed by atoms with E-state index in [0.29, 0.717) is 11.4 Å². The number of non-ortho nitro benzene ring substituents is 1. The summed E-state index contributed by atoms with van der Waals surface area (Å²) in [6.07, 6.45) is 0. The molecule has 0 saturated heterocycles. The normalized spacial score (nSPS) is 11.0. The summed E-state index contributed by atoms with van der Waals surface area (Å²) in [6.45, 7) is 1.55. The van der Waals surface area contributed by atoms with E-state index in [0.717, 1.165) is 0 Å². The van der Waals surface area contributed by atoms with Gasteiger partial charge in [-0.25, -0.2) is 8.42 Å². The Labute approximate surface area is 151 Å². The molecule has 0 aliphatic rings. The minimum absolute atomic E-state index is 0.0153. The van der Waals surface area contributed by atoms with Crippen LogP contribution in [0.4, 0.5) is 17.1 Å². The zero-order valence-electron chi connectivity index (χ0n) is 14.6. The first kappa shape index (κ1) is 19.4. The topological polar surface area (TPSA) is 110 Å². The number of amides is 1. The predicted molar refractivity (Wildman–Crippen MR) is 99.5 cm³/mol. The van der Waals surface area contributed by atoms with Crippen molar-refractivity contribution in [3.05, 3.63) is 58.1 Å². The lowest BCUT2D eigenvalue weighted by Gasteiger charge is -2.17. The highest BCUT2D eigenvalue weighted by Gasteiger charge is 2.18. The van der Waals surface area contributed by atoms with Crippen LogP contribution in [0.25, 0.3) is 0 Å². The second-order valence-corrected chi connectivity index (χ2v) is 8.01. The molecule has 0 heterocycles. The molecule has 26 heavy (non-hydrogen) atoms. The van der Waals surface area contributed by atoms with Crippen molar-refractivity contribution >= 4 is 32.8 Å². The maximum Gasteiger partial charge on any atom is 0.270 e. The van der Waals surface area contributed by atoms with Gasteiger partial charge in [0.25, 0.3) is 11.6 Å². The van der Waals surface area contributed by atoms with E-state index in [-0.39, 0.29) is 21.9 Å². The Morgan fingerprint density at radius 3 is 2.27 bits per heavy atom. The van der Waals surface area contributed by atoms with E-state index < -0.39 is 20.7 Å². The predicted octanol–water partition coefficient (Wildman–Crippen LogP) is 2.71. The number of hydrogen-bond acceptors (Lipinski definition) is 6. The average Bonchev–Trinajstić information content (AvgIpc) is 2.61. The third-order valence-corrected chi connectivity index (χ3v) is 5.52. The van der Waals surface area contributed by atoms with Crippen LogP contribution >= 0.6 is 0 Å². The van der Waals surface area contributed by atoms with Crippen molar-refractivity contribution in [1.29, 1.82) is 0 Å². The maximum atomic E-state index is 12.6. The van der Waals surface area contributed by atoms with Crippen LogP contribution < -0.4 is 10.2 Å². The van der Waals surface area contributed by atoms with Crippen LogP contribution in [0.1, 0.15) is 17.3 Å². The van der Waals surface area contributed by atoms with Gasteiger partial charge in [-0.3, -0.25) is 14.9 Å². The van der Waals surface area contributed by atoms with E-state index >= 15 is 0 Å². The van der Waals surface area contributed by atoms with E-state index in [1.54, 1.807) is 25.9 Å². The summed E-state index contributed by atoms with van der Waals surface area (Å²) >= 11 is 0. The van der Waals surface area contributed by atoms with Crippen LogP contribution in [0.15, 0.2) is 47.4 Å². The molecule has 0 aliphatic carbocycles. The van der Waals surface area contributed by atoms with Crippen LogP contribution in [-0.2, 0) is 9.84 Å². The van der Waals surface area contributed by atoms with Gasteiger partial charge in [-0.2, -0.15) is 0 Å². The summed E-state index contributed by atoms with van der Waals surface area (Å²) in [4.78, 5) is 24.8. The largest absolute Gasteiger partial charge is 0.377 e. The van der Waals surface area contributed by atoms with Gasteiger partial charge in [0.2, 0.25) is 0 Å². The van der Waals surface area contributed by atoms with Crippen molar-refractivity contribution in [3.8, 4) is 0 Å². The molecule has 138 valence electrons. The van der Waals surface area contributed by atoms with Gasteiger partial charge in [-0.05, 0) is 30.3 Å². The average molecular weight is 377 g/mol. The molecule has 1 amide bonds. The first-order valence-electron chi connectivity index (χ1n) is 7.75. The summed E-state index contributed by atoms with van der Waals surface area (Å²) < 4.78 is 23.6. The highest BCUT2D eigenvalue weighted by atomic mass is 32.2. The van der Waals surface area contributed by atoms with Gasteiger partial charge in [0.15, 0.2) is 9.84 Å². The van der Waals surface area contributed by atoms with Gasteiger partial charge in [0, 0.05) is 37.6 Å². The summed E-state index contributed by atoms with van der Waals surface area (Å²) in [7, 11) is 0.126. The standard InChI is InChI=1S/C17H19N3O5S/c1-4-26(24,25)14-8-5-12(6-9-14)18-17(21)15-11-13(20(22)23)7-10-16(15)19(2)3/h5-11H,4H2,1-3H3,(H,18,21). The van der Waals surface area contributed by atoms with Gasteiger partial charge in [-0.1, -0.05) is 6.92 Å². The summed E-state index contributed by atoms with van der Waals surface area (Å²) in [5, 5.41) is 13.6. The zero-order chi connectivity index (χ0) is 19.5. The summed E-state index contributed by atoms with van der Waals surface area (Å²) in [6, 6.07) is 9.82. The molecule has 1 N–H and O–H groups in total. The number of nitrogens with one attached hydrogen (secondary N) is 1. The van der Waals surface area contributed by atoms with Crippen molar-refractivity contribution in [2.45, 2.75) is 11.8 Å². The van der Waals surface area contributed by atoms with E-state index in [4.69, 9.17) is 0 Å². The molecule has 0 fully saturated rings. The van der Waals surface area contributed by atoms with Gasteiger partial charge >= 0.3 is 0 Å². The van der Waals surface area contributed by atoms with Crippen LogP contribution in [-0.4, -0.2) is 39.1 Å². The second kappa shape index (κ2) is 7.52. The number of nitro groups is 1. The molecule has 0 unspecified atom stereocenters. The van der Waals surface area contributed by atoms with Crippen molar-refractivity contribution < 1.29 is 18.1 Å². The molecule has 2 rings (SSSR count). The molecule has 0 atom stereocenters. The number of carbonyl (C=O) groups is 1. The summed E-state index contributed by atoms with van der Waals surface area (Å²) in [5.41, 5.74) is 0.874. The number of anilines is 2. The van der Waals surface area contributed by atoms with E-state index in [2.05, 4.69) is 5.32 Å². The second-order valence-electron chi connectivity index (χ2n) is 5.73. The number of hydrogen-bond donors (Lipinski definition) is 1. The molecule has 0 spiro atoms. The lowest BCUT2D eigenvalue weighted by molar-refractivity contribution is -0.384. The number of rotatable bonds is 6. The Morgan fingerprint density at radius 1 is 1.15 bits per heavy atom. The smallest absolute Gasteiger partial charge is 0.270 e. The number of benzene rings is 2. The molecule has 0 aliphatic heterocycles. The van der Waals surface area contributed by atoms with Crippen LogP contribution in [0.3, 0.4) is 0 Å². The minimum atomic E-state index is -3.32. The highest BCUT2D eigenvalue weighted by molar-refractivity contribution is 7.91. The quantitative estimate of drug-likeness (QED) is 0.612. The summed E-state index contributed by atoms with van der Waals surface area (Å²) in [5.74, 6) is -0.540. The van der Waals surface area contributed by atoms with Gasteiger partial charge in [0.05, 0.1) is 21.1 Å². The lowest BCUT2D eigenvalue weighted by Crippen LogP contribution is -2.19. The lowest BCUT2D eigenvalue weighted by atomic mass is 10.1. The number of nitro benzene ring substituents is 1. The molecular formula is C17H19N3O5S. The Bertz CT molecular complexity index is 937. The van der Waals surface area contributed by atoms with E-state index in [9.17, 15) is 23.3 Å². The minimum Gasteiger partial charge on any atom is -0.377 e. The third kappa shape index (κ3) is 4.17. The van der Waals surface area contributed by atoms with Gasteiger partial charge in [-0.15, -0.1) is 0 Å². The van der Waals surface area contributed by atoms with Crippen molar-refractivity contribution in [1.82, 2.24) is 0 Å². The molecule has 0 bridgehead atoms. The fraction of sp³-hybridized carbons (Fsp3) is 0.235. The number of nitrogens with zero attached hydrogens (tertiary/aromatic N) is 2. The Balaban J connectivity index is 2.32.